The monoisotopic (exact) mass is 231 g/mol. The Morgan fingerprint density at radius 1 is 1.53 bits per heavy atom. The summed E-state index contributed by atoms with van der Waals surface area (Å²) in [6.45, 7) is 4.35. The lowest BCUT2D eigenvalue weighted by atomic mass is 10.3. The Bertz CT molecular complexity index is 422. The van der Waals surface area contributed by atoms with E-state index in [2.05, 4.69) is 11.6 Å². The number of rotatable bonds is 6. The lowest BCUT2D eigenvalue weighted by Crippen LogP contribution is -2.34. The van der Waals surface area contributed by atoms with Gasteiger partial charge in [0, 0.05) is 6.08 Å². The fraction of sp³-hybridized carbons (Fsp3) is 0.444. The third kappa shape index (κ3) is 4.26. The Morgan fingerprint density at radius 3 is 2.87 bits per heavy atom. The van der Waals surface area contributed by atoms with Crippen molar-refractivity contribution in [2.45, 2.75) is 19.4 Å². The molecule has 0 fully saturated rings. The van der Waals surface area contributed by atoms with E-state index in [0.717, 1.165) is 5.82 Å². The number of hydrogen-bond donors (Lipinski definition) is 2. The van der Waals surface area contributed by atoms with Crippen LogP contribution in [-0.2, 0) is 16.7 Å². The molecular formula is C9H15N2O3S+. The summed E-state index contributed by atoms with van der Waals surface area (Å²) in [7, 11) is -3.82. The fourth-order valence-corrected chi connectivity index (χ4v) is 1.88. The number of nitrogens with zero attached hydrogens (tertiary/aromatic N) is 1. The minimum Gasteiger partial charge on any atom is -0.286 e. The SMILES string of the molecule is C=Cc1[nH]cc[n+]1CCCCS(=O)(=O)O. The molecule has 1 heterocycles. The normalized spacial score (nSPS) is 11.5. The van der Waals surface area contributed by atoms with Crippen molar-refractivity contribution in [2.75, 3.05) is 5.75 Å². The lowest BCUT2D eigenvalue weighted by Gasteiger charge is -1.98. The lowest BCUT2D eigenvalue weighted by molar-refractivity contribution is -0.697. The average molecular weight is 231 g/mol. The molecule has 15 heavy (non-hydrogen) atoms. The molecule has 0 amide bonds. The van der Waals surface area contributed by atoms with Gasteiger partial charge in [0.15, 0.2) is 0 Å². The van der Waals surface area contributed by atoms with E-state index in [4.69, 9.17) is 4.55 Å². The minimum absolute atomic E-state index is 0.179. The standard InChI is InChI=1S/C9H14N2O3S/c1-2-9-10-5-7-11(9)6-3-4-8-15(12,13)14/h2,5,7H,1,3-4,6,8H2,(H,12,13,14)/p+1. The first-order valence-electron chi connectivity index (χ1n) is 4.67. The quantitative estimate of drug-likeness (QED) is 0.428. The molecular weight excluding hydrogens is 216 g/mol. The predicted octanol–water partition coefficient (Wildman–Crippen LogP) is 0.613. The van der Waals surface area contributed by atoms with Gasteiger partial charge in [0.2, 0.25) is 0 Å². The summed E-state index contributed by atoms with van der Waals surface area (Å²) in [6, 6.07) is 0. The molecule has 0 unspecified atom stereocenters. The van der Waals surface area contributed by atoms with E-state index < -0.39 is 10.1 Å². The summed E-state index contributed by atoms with van der Waals surface area (Å²) in [5.41, 5.74) is 0. The molecule has 0 aliphatic carbocycles. The molecule has 1 rings (SSSR count). The zero-order valence-corrected chi connectivity index (χ0v) is 9.20. The minimum atomic E-state index is -3.82. The third-order valence-corrected chi connectivity index (χ3v) is 2.84. The predicted molar refractivity (Wildman–Crippen MR) is 56.7 cm³/mol. The average Bonchev–Trinajstić information content (AvgIpc) is 2.58. The van der Waals surface area contributed by atoms with Crippen molar-refractivity contribution in [2.24, 2.45) is 0 Å². The number of hydrogen-bond acceptors (Lipinski definition) is 2. The van der Waals surface area contributed by atoms with E-state index >= 15 is 0 Å². The summed E-state index contributed by atoms with van der Waals surface area (Å²) >= 11 is 0. The molecule has 84 valence electrons. The third-order valence-electron chi connectivity index (χ3n) is 2.04. The van der Waals surface area contributed by atoms with Gasteiger partial charge in [-0.2, -0.15) is 8.42 Å². The van der Waals surface area contributed by atoms with E-state index in [1.54, 1.807) is 12.3 Å². The van der Waals surface area contributed by atoms with Gasteiger partial charge < -0.3 is 0 Å². The van der Waals surface area contributed by atoms with Crippen molar-refractivity contribution in [1.29, 1.82) is 0 Å². The van der Waals surface area contributed by atoms with Gasteiger partial charge in [-0.3, -0.25) is 4.55 Å². The molecule has 0 radical (unpaired) electrons. The van der Waals surface area contributed by atoms with Crippen LogP contribution >= 0.6 is 0 Å². The highest BCUT2D eigenvalue weighted by Crippen LogP contribution is 1.95. The summed E-state index contributed by atoms with van der Waals surface area (Å²) < 4.78 is 31.3. The molecule has 0 spiro atoms. The zero-order chi connectivity index (χ0) is 11.3. The number of aromatic nitrogens is 2. The van der Waals surface area contributed by atoms with Crippen molar-refractivity contribution < 1.29 is 17.5 Å². The molecule has 1 aromatic rings. The van der Waals surface area contributed by atoms with Crippen LogP contribution in [0.5, 0.6) is 0 Å². The van der Waals surface area contributed by atoms with Gasteiger partial charge in [0.05, 0.1) is 12.3 Å². The molecule has 0 aromatic carbocycles. The highest BCUT2D eigenvalue weighted by molar-refractivity contribution is 7.85. The molecule has 0 atom stereocenters. The van der Waals surface area contributed by atoms with Gasteiger partial charge in [-0.25, -0.2) is 9.55 Å². The van der Waals surface area contributed by atoms with Crippen LogP contribution in [0.2, 0.25) is 0 Å². The van der Waals surface area contributed by atoms with Gasteiger partial charge in [-0.1, -0.05) is 6.58 Å². The van der Waals surface area contributed by atoms with Crippen LogP contribution < -0.4 is 4.57 Å². The largest absolute Gasteiger partial charge is 0.286 e. The Morgan fingerprint density at radius 2 is 2.27 bits per heavy atom. The van der Waals surface area contributed by atoms with Crippen LogP contribution in [0.25, 0.3) is 6.08 Å². The summed E-state index contributed by atoms with van der Waals surface area (Å²) in [5.74, 6) is 0.711. The second kappa shape index (κ2) is 5.09. The molecule has 0 aliphatic heterocycles. The molecule has 2 N–H and O–H groups in total. The number of aryl methyl sites for hydroxylation is 1. The Labute approximate surface area is 89.2 Å². The van der Waals surface area contributed by atoms with Crippen LogP contribution in [0.1, 0.15) is 18.7 Å². The topological polar surface area (TPSA) is 74.0 Å². The Kier molecular flexibility index (Phi) is 4.05. The van der Waals surface area contributed by atoms with Gasteiger partial charge in [0.1, 0.15) is 12.4 Å². The van der Waals surface area contributed by atoms with Crippen molar-refractivity contribution in [3.63, 3.8) is 0 Å². The van der Waals surface area contributed by atoms with E-state index in [9.17, 15) is 8.42 Å². The van der Waals surface area contributed by atoms with Crippen molar-refractivity contribution >= 4 is 16.2 Å². The maximum absolute atomic E-state index is 10.4. The van der Waals surface area contributed by atoms with Crippen LogP contribution in [0.3, 0.4) is 0 Å². The number of unbranched alkanes of at least 4 members (excludes halogenated alkanes) is 1. The molecule has 5 nitrogen and oxygen atoms in total. The van der Waals surface area contributed by atoms with E-state index in [0.29, 0.717) is 19.4 Å². The number of H-pyrrole nitrogens is 1. The highest BCUT2D eigenvalue weighted by atomic mass is 32.2. The first-order chi connectivity index (χ1) is 7.03. The van der Waals surface area contributed by atoms with Crippen molar-refractivity contribution in [1.82, 2.24) is 4.98 Å². The van der Waals surface area contributed by atoms with E-state index in [1.165, 1.54) is 0 Å². The smallest absolute Gasteiger partial charge is 0.278 e. The van der Waals surface area contributed by atoms with Gasteiger partial charge >= 0.3 is 0 Å². The van der Waals surface area contributed by atoms with Gasteiger partial charge in [0.25, 0.3) is 15.9 Å². The number of imidazole rings is 1. The Hall–Kier alpha value is -1.14. The van der Waals surface area contributed by atoms with Crippen LogP contribution in [0.4, 0.5) is 0 Å². The second-order valence-corrected chi connectivity index (χ2v) is 4.81. The van der Waals surface area contributed by atoms with E-state index in [-0.39, 0.29) is 5.75 Å². The molecule has 0 bridgehead atoms. The molecule has 1 aromatic heterocycles. The number of nitrogens with one attached hydrogen (secondary N) is 1. The zero-order valence-electron chi connectivity index (χ0n) is 8.39. The Balaban J connectivity index is 2.35. The molecule has 0 saturated carbocycles. The molecule has 0 aliphatic rings. The van der Waals surface area contributed by atoms with Crippen LogP contribution in [0.15, 0.2) is 19.0 Å². The fourth-order valence-electron chi connectivity index (χ4n) is 1.31. The second-order valence-electron chi connectivity index (χ2n) is 3.24. The maximum Gasteiger partial charge on any atom is 0.278 e. The summed E-state index contributed by atoms with van der Waals surface area (Å²) in [5, 5.41) is 0. The molecule has 0 saturated heterocycles. The van der Waals surface area contributed by atoms with E-state index in [1.807, 2.05) is 10.8 Å². The first-order valence-corrected chi connectivity index (χ1v) is 6.28. The summed E-state index contributed by atoms with van der Waals surface area (Å²) in [6.07, 6.45) is 6.50. The van der Waals surface area contributed by atoms with Crippen LogP contribution in [-0.4, -0.2) is 23.7 Å². The van der Waals surface area contributed by atoms with Gasteiger partial charge in [-0.15, -0.1) is 0 Å². The maximum atomic E-state index is 10.4. The number of aromatic amines is 1. The van der Waals surface area contributed by atoms with Crippen LogP contribution in [0, 0.1) is 0 Å². The highest BCUT2D eigenvalue weighted by Gasteiger charge is 2.07. The van der Waals surface area contributed by atoms with Crippen molar-refractivity contribution in [3.8, 4) is 0 Å². The van der Waals surface area contributed by atoms with Gasteiger partial charge in [-0.05, 0) is 12.8 Å². The van der Waals surface area contributed by atoms with Crippen molar-refractivity contribution in [3.05, 3.63) is 24.8 Å². The molecule has 6 heteroatoms. The summed E-state index contributed by atoms with van der Waals surface area (Å²) in [4.78, 5) is 2.99. The first kappa shape index (κ1) is 11.9.